The molecule has 4 atom stereocenters. The standard InChI is InChI=1S/C32H34Cl2F3NO5S/c1-17-25-30(41-17,16-31(44-25,32(35,36)37)20-13-21(33)15-22(34)14-20)19-9-10-23-18(12-19)8-11-24(23)38(26(39)42-28(2,3)4)27(40)43-29(5,6)7/h9-10,12-15,24-25H,1,8,11,16H2,2-7H3. The molecule has 2 amide bonds. The minimum Gasteiger partial charge on any atom is -0.484 e. The van der Waals surface area contributed by atoms with Crippen molar-refractivity contribution >= 4 is 47.2 Å². The molecule has 238 valence electrons. The number of ether oxygens (including phenoxy) is 3. The van der Waals surface area contributed by atoms with Crippen LogP contribution in [0.25, 0.3) is 0 Å². The average Bonchev–Trinajstić information content (AvgIpc) is 3.38. The lowest BCUT2D eigenvalue weighted by molar-refractivity contribution is -0.180. The number of hydrogen-bond donors (Lipinski definition) is 0. The first-order chi connectivity index (χ1) is 20.2. The summed E-state index contributed by atoms with van der Waals surface area (Å²) in [4.78, 5) is 27.6. The summed E-state index contributed by atoms with van der Waals surface area (Å²) >= 11 is 13.0. The van der Waals surface area contributed by atoms with Crippen molar-refractivity contribution in [1.82, 2.24) is 4.90 Å². The molecule has 44 heavy (non-hydrogen) atoms. The summed E-state index contributed by atoms with van der Waals surface area (Å²) in [6, 6.07) is 8.57. The fraction of sp³-hybridized carbons (Fsp3) is 0.500. The predicted octanol–water partition coefficient (Wildman–Crippen LogP) is 9.86. The molecule has 2 aliphatic heterocycles. The number of amides is 2. The van der Waals surface area contributed by atoms with Gasteiger partial charge in [0.1, 0.15) is 27.0 Å². The molecule has 2 heterocycles. The Morgan fingerprint density at radius 1 is 0.955 bits per heavy atom. The van der Waals surface area contributed by atoms with E-state index in [9.17, 15) is 9.59 Å². The van der Waals surface area contributed by atoms with Crippen LogP contribution in [-0.4, -0.2) is 39.7 Å². The number of carbonyl (C=O) groups excluding carboxylic acids is 2. The highest BCUT2D eigenvalue weighted by atomic mass is 35.5. The van der Waals surface area contributed by atoms with E-state index >= 15 is 13.2 Å². The molecule has 12 heteroatoms. The van der Waals surface area contributed by atoms with Crippen molar-refractivity contribution in [3.8, 4) is 0 Å². The Labute approximate surface area is 269 Å². The summed E-state index contributed by atoms with van der Waals surface area (Å²) in [7, 11) is 0. The van der Waals surface area contributed by atoms with E-state index in [1.54, 1.807) is 53.7 Å². The van der Waals surface area contributed by atoms with Crippen LogP contribution < -0.4 is 0 Å². The smallest absolute Gasteiger partial charge is 0.420 e. The summed E-state index contributed by atoms with van der Waals surface area (Å²) in [6.07, 6.45) is -5.90. The zero-order valence-electron chi connectivity index (χ0n) is 25.2. The van der Waals surface area contributed by atoms with Gasteiger partial charge >= 0.3 is 18.4 Å². The highest BCUT2D eigenvalue weighted by Gasteiger charge is 2.73. The number of thioether (sulfide) groups is 1. The van der Waals surface area contributed by atoms with Gasteiger partial charge in [0.15, 0.2) is 5.60 Å². The third-order valence-corrected chi connectivity index (χ3v) is 10.1. The summed E-state index contributed by atoms with van der Waals surface area (Å²) in [6.45, 7) is 14.1. The van der Waals surface area contributed by atoms with Crippen LogP contribution in [0, 0.1) is 0 Å². The number of alkyl halides is 3. The molecule has 3 aliphatic rings. The average molecular weight is 673 g/mol. The fourth-order valence-electron chi connectivity index (χ4n) is 6.12. The van der Waals surface area contributed by atoms with Gasteiger partial charge in [-0.25, -0.2) is 14.5 Å². The number of hydrogen-bond acceptors (Lipinski definition) is 6. The SMILES string of the molecule is C=C1OC2(c3ccc4c(c3)CCC4N(C(=O)OC(C)(C)C)C(=O)OC(C)(C)C)CC(c3cc(Cl)cc(Cl)c3)(C(F)(F)F)SC12. The molecule has 6 nitrogen and oxygen atoms in total. The molecule has 4 unspecified atom stereocenters. The second-order valence-electron chi connectivity index (χ2n) is 13.4. The van der Waals surface area contributed by atoms with Crippen LogP contribution in [0.2, 0.25) is 10.0 Å². The molecular weight excluding hydrogens is 638 g/mol. The van der Waals surface area contributed by atoms with Gasteiger partial charge in [0.05, 0.1) is 6.04 Å². The van der Waals surface area contributed by atoms with Gasteiger partial charge in [0.2, 0.25) is 0 Å². The normalized spacial score (nSPS) is 26.3. The maximum absolute atomic E-state index is 15.0. The first-order valence-electron chi connectivity index (χ1n) is 14.1. The fourth-order valence-corrected chi connectivity index (χ4v) is 8.37. The maximum atomic E-state index is 15.0. The number of rotatable bonds is 3. The minimum absolute atomic E-state index is 0.0516. The van der Waals surface area contributed by atoms with Gasteiger partial charge < -0.3 is 14.2 Å². The number of imide groups is 1. The number of fused-ring (bicyclic) bond motifs is 2. The van der Waals surface area contributed by atoms with Crippen molar-refractivity contribution in [2.45, 2.75) is 99.8 Å². The van der Waals surface area contributed by atoms with E-state index < -0.39 is 57.6 Å². The van der Waals surface area contributed by atoms with Crippen molar-refractivity contribution in [3.05, 3.63) is 81.0 Å². The minimum atomic E-state index is -4.66. The zero-order valence-corrected chi connectivity index (χ0v) is 27.6. The van der Waals surface area contributed by atoms with Crippen LogP contribution in [0.3, 0.4) is 0 Å². The quantitative estimate of drug-likeness (QED) is 0.324. The maximum Gasteiger partial charge on any atom is 0.420 e. The van der Waals surface area contributed by atoms with Crippen LogP contribution >= 0.6 is 35.0 Å². The molecule has 0 radical (unpaired) electrons. The summed E-state index contributed by atoms with van der Waals surface area (Å²) in [5.41, 5.74) is -1.05. The molecule has 2 aromatic rings. The molecule has 0 spiro atoms. The second-order valence-corrected chi connectivity index (χ2v) is 15.7. The van der Waals surface area contributed by atoms with E-state index in [4.69, 9.17) is 37.4 Å². The van der Waals surface area contributed by atoms with Crippen LogP contribution in [0.5, 0.6) is 0 Å². The molecule has 0 N–H and O–H groups in total. The molecule has 0 saturated carbocycles. The Morgan fingerprint density at radius 3 is 2.02 bits per heavy atom. The zero-order chi connectivity index (χ0) is 32.6. The van der Waals surface area contributed by atoms with Crippen molar-refractivity contribution in [1.29, 1.82) is 0 Å². The van der Waals surface area contributed by atoms with Gasteiger partial charge in [-0.3, -0.25) is 0 Å². The van der Waals surface area contributed by atoms with Crippen LogP contribution in [0.4, 0.5) is 22.8 Å². The number of halogens is 5. The Morgan fingerprint density at radius 2 is 1.52 bits per heavy atom. The number of nitrogens with zero attached hydrogens (tertiary/aromatic N) is 1. The van der Waals surface area contributed by atoms with Crippen molar-refractivity contribution in [2.75, 3.05) is 0 Å². The van der Waals surface area contributed by atoms with E-state index in [1.807, 2.05) is 6.07 Å². The lowest BCUT2D eigenvalue weighted by atomic mass is 9.75. The Hall–Kier alpha value is -2.56. The number of carbonyl (C=O) groups is 2. The molecule has 0 bridgehead atoms. The predicted molar refractivity (Wildman–Crippen MR) is 164 cm³/mol. The highest BCUT2D eigenvalue weighted by molar-refractivity contribution is 8.01. The first kappa shape index (κ1) is 32.8. The van der Waals surface area contributed by atoms with Crippen molar-refractivity contribution < 1.29 is 37.0 Å². The van der Waals surface area contributed by atoms with E-state index in [1.165, 1.54) is 18.2 Å². The lowest BCUT2D eigenvalue weighted by Crippen LogP contribution is -2.49. The van der Waals surface area contributed by atoms with Crippen LogP contribution in [-0.2, 0) is 31.0 Å². The number of benzene rings is 2. The summed E-state index contributed by atoms with van der Waals surface area (Å²) in [5.74, 6) is 0.258. The Kier molecular flexibility index (Phi) is 8.03. The Bertz CT molecular complexity index is 1490. The molecule has 0 aromatic heterocycles. The van der Waals surface area contributed by atoms with Crippen LogP contribution in [0.1, 0.15) is 82.7 Å². The number of aryl methyl sites for hydroxylation is 1. The van der Waals surface area contributed by atoms with Crippen molar-refractivity contribution in [2.24, 2.45) is 0 Å². The van der Waals surface area contributed by atoms with E-state index in [0.717, 1.165) is 22.2 Å². The first-order valence-corrected chi connectivity index (χ1v) is 15.8. The van der Waals surface area contributed by atoms with Gasteiger partial charge in [0.25, 0.3) is 0 Å². The molecule has 2 fully saturated rings. The molecular formula is C32H34Cl2F3NO5S. The van der Waals surface area contributed by atoms with E-state index in [2.05, 4.69) is 6.58 Å². The lowest BCUT2D eigenvalue weighted by Gasteiger charge is -2.46. The summed E-state index contributed by atoms with van der Waals surface area (Å²) in [5, 5.41) is -0.474. The molecule has 2 aromatic carbocycles. The largest absolute Gasteiger partial charge is 0.484 e. The van der Waals surface area contributed by atoms with Gasteiger partial charge in [-0.1, -0.05) is 48.0 Å². The van der Waals surface area contributed by atoms with Gasteiger partial charge in [0, 0.05) is 16.5 Å². The third-order valence-electron chi connectivity index (χ3n) is 7.82. The topological polar surface area (TPSA) is 65.1 Å². The molecule has 5 rings (SSSR count). The summed E-state index contributed by atoms with van der Waals surface area (Å²) < 4.78 is 59.9. The van der Waals surface area contributed by atoms with Gasteiger partial charge in [-0.2, -0.15) is 13.2 Å². The highest BCUT2D eigenvalue weighted by Crippen LogP contribution is 2.72. The second kappa shape index (κ2) is 10.8. The molecule has 2 saturated heterocycles. The van der Waals surface area contributed by atoms with E-state index in [0.29, 0.717) is 24.0 Å². The van der Waals surface area contributed by atoms with Gasteiger partial charge in [-0.05, 0) is 94.8 Å². The Balaban J connectivity index is 1.53. The third kappa shape index (κ3) is 5.78. The van der Waals surface area contributed by atoms with Crippen molar-refractivity contribution in [3.63, 3.8) is 0 Å². The van der Waals surface area contributed by atoms with E-state index in [-0.39, 0.29) is 21.4 Å². The monoisotopic (exact) mass is 671 g/mol. The molecule has 1 aliphatic carbocycles. The van der Waals surface area contributed by atoms with Gasteiger partial charge in [-0.15, -0.1) is 11.8 Å². The van der Waals surface area contributed by atoms with Crippen LogP contribution in [0.15, 0.2) is 48.7 Å².